The normalized spacial score (nSPS) is 16.5. The summed E-state index contributed by atoms with van der Waals surface area (Å²) >= 11 is 4.92. The van der Waals surface area contributed by atoms with Crippen LogP contribution >= 0.6 is 12.2 Å². The molecule has 0 aromatic heterocycles. The van der Waals surface area contributed by atoms with Crippen molar-refractivity contribution in [2.24, 2.45) is 11.1 Å². The summed E-state index contributed by atoms with van der Waals surface area (Å²) in [5.41, 5.74) is 4.89. The zero-order valence-electron chi connectivity index (χ0n) is 10.2. The Labute approximate surface area is 115 Å². The molecule has 6 heteroatoms. The molecule has 1 aliphatic rings. The predicted molar refractivity (Wildman–Crippen MR) is 71.3 cm³/mol. The lowest BCUT2D eigenvalue weighted by molar-refractivity contribution is -0.131. The molecule has 3 N–H and O–H groups in total. The maximum atomic E-state index is 13.4. The summed E-state index contributed by atoms with van der Waals surface area (Å²) in [4.78, 5) is 12.2. The average molecular weight is 284 g/mol. The second kappa shape index (κ2) is 5.21. The van der Waals surface area contributed by atoms with Gasteiger partial charge in [-0.1, -0.05) is 18.6 Å². The number of thiocarbonyl (C=S) groups is 1. The second-order valence-electron chi connectivity index (χ2n) is 4.72. The van der Waals surface area contributed by atoms with E-state index in [1.54, 1.807) is 0 Å². The molecular formula is C13H14F2N2OS. The summed E-state index contributed by atoms with van der Waals surface area (Å²) in [7, 11) is 0. The van der Waals surface area contributed by atoms with Crippen LogP contribution in [-0.4, -0.2) is 10.9 Å². The molecule has 102 valence electrons. The molecule has 0 aliphatic heterocycles. The Morgan fingerprint density at radius 2 is 2.11 bits per heavy atom. The average Bonchev–Trinajstić information content (AvgIpc) is 2.28. The molecule has 0 spiro atoms. The standard InChI is InChI=1S/C13H14F2N2OS/c14-9-2-3-10(15)8(6-9)7-17-12(18)13(11(16)19)4-1-5-13/h2-3,6H,1,4-5,7H2,(H2,16,19)(H,17,18). The van der Waals surface area contributed by atoms with Crippen molar-refractivity contribution >= 4 is 23.1 Å². The van der Waals surface area contributed by atoms with Crippen molar-refractivity contribution in [1.82, 2.24) is 5.32 Å². The van der Waals surface area contributed by atoms with Gasteiger partial charge in [0.25, 0.3) is 0 Å². The van der Waals surface area contributed by atoms with Crippen LogP contribution in [0.15, 0.2) is 18.2 Å². The number of carbonyl (C=O) groups excluding carboxylic acids is 1. The Bertz CT molecular complexity index is 529. The largest absolute Gasteiger partial charge is 0.392 e. The number of halogens is 2. The summed E-state index contributed by atoms with van der Waals surface area (Å²) in [5, 5.41) is 2.58. The first-order valence-corrected chi connectivity index (χ1v) is 6.39. The van der Waals surface area contributed by atoms with Crippen molar-refractivity contribution in [1.29, 1.82) is 0 Å². The second-order valence-corrected chi connectivity index (χ2v) is 5.16. The van der Waals surface area contributed by atoms with Crippen LogP contribution in [0.5, 0.6) is 0 Å². The lowest BCUT2D eigenvalue weighted by Crippen LogP contribution is -2.52. The molecule has 0 atom stereocenters. The molecule has 1 saturated carbocycles. The van der Waals surface area contributed by atoms with Gasteiger partial charge in [0.1, 0.15) is 11.6 Å². The van der Waals surface area contributed by atoms with Crippen molar-refractivity contribution < 1.29 is 13.6 Å². The third-order valence-electron chi connectivity index (χ3n) is 3.56. The number of rotatable bonds is 4. The van der Waals surface area contributed by atoms with E-state index in [1.807, 2.05) is 0 Å². The molecule has 1 aromatic carbocycles. The van der Waals surface area contributed by atoms with Crippen LogP contribution in [0, 0.1) is 17.0 Å². The molecule has 2 rings (SSSR count). The van der Waals surface area contributed by atoms with Crippen LogP contribution < -0.4 is 11.1 Å². The minimum Gasteiger partial charge on any atom is -0.392 e. The predicted octanol–water partition coefficient (Wildman–Crippen LogP) is 2.04. The van der Waals surface area contributed by atoms with Crippen LogP contribution in [0.2, 0.25) is 0 Å². The van der Waals surface area contributed by atoms with Gasteiger partial charge in [0.2, 0.25) is 5.91 Å². The molecule has 1 aromatic rings. The van der Waals surface area contributed by atoms with Gasteiger partial charge in [-0.05, 0) is 31.0 Å². The molecule has 1 fully saturated rings. The van der Waals surface area contributed by atoms with E-state index < -0.39 is 17.0 Å². The molecule has 1 aliphatic carbocycles. The van der Waals surface area contributed by atoms with E-state index in [-0.39, 0.29) is 23.0 Å². The van der Waals surface area contributed by atoms with Gasteiger partial charge in [0, 0.05) is 12.1 Å². The highest BCUT2D eigenvalue weighted by Gasteiger charge is 2.46. The third kappa shape index (κ3) is 2.58. The first kappa shape index (κ1) is 13.9. The zero-order valence-corrected chi connectivity index (χ0v) is 11.0. The number of amides is 1. The molecule has 1 amide bonds. The number of hydrogen-bond donors (Lipinski definition) is 2. The molecule has 3 nitrogen and oxygen atoms in total. The first-order valence-electron chi connectivity index (χ1n) is 5.98. The van der Waals surface area contributed by atoms with E-state index in [0.717, 1.165) is 24.6 Å². The van der Waals surface area contributed by atoms with Crippen LogP contribution in [-0.2, 0) is 11.3 Å². The lowest BCUT2D eigenvalue weighted by atomic mass is 9.68. The van der Waals surface area contributed by atoms with E-state index in [0.29, 0.717) is 12.8 Å². The van der Waals surface area contributed by atoms with Gasteiger partial charge in [-0.15, -0.1) is 0 Å². The van der Waals surface area contributed by atoms with E-state index in [1.165, 1.54) is 0 Å². The van der Waals surface area contributed by atoms with Crippen molar-refractivity contribution in [2.45, 2.75) is 25.8 Å². The van der Waals surface area contributed by atoms with Gasteiger partial charge in [-0.25, -0.2) is 8.78 Å². The number of carbonyl (C=O) groups is 1. The molecule has 0 unspecified atom stereocenters. The maximum absolute atomic E-state index is 13.4. The van der Waals surface area contributed by atoms with Crippen LogP contribution in [0.4, 0.5) is 8.78 Å². The van der Waals surface area contributed by atoms with Gasteiger partial charge in [-0.2, -0.15) is 0 Å². The maximum Gasteiger partial charge on any atom is 0.233 e. The summed E-state index contributed by atoms with van der Waals surface area (Å²) in [5.74, 6) is -1.41. The monoisotopic (exact) mass is 284 g/mol. The summed E-state index contributed by atoms with van der Waals surface area (Å²) in [6.45, 7) is -0.0766. The van der Waals surface area contributed by atoms with Crippen molar-refractivity contribution in [3.8, 4) is 0 Å². The van der Waals surface area contributed by atoms with Crippen molar-refractivity contribution in [3.63, 3.8) is 0 Å². The highest BCUT2D eigenvalue weighted by molar-refractivity contribution is 7.80. The highest BCUT2D eigenvalue weighted by atomic mass is 32.1. The summed E-state index contributed by atoms with van der Waals surface area (Å²) in [6.07, 6.45) is 2.11. The van der Waals surface area contributed by atoms with E-state index >= 15 is 0 Å². The first-order chi connectivity index (χ1) is 8.95. The highest BCUT2D eigenvalue weighted by Crippen LogP contribution is 2.41. The van der Waals surface area contributed by atoms with Crippen LogP contribution in [0.1, 0.15) is 24.8 Å². The Balaban J connectivity index is 2.04. The topological polar surface area (TPSA) is 55.1 Å². The molecule has 0 bridgehead atoms. The molecule has 0 radical (unpaired) electrons. The molecule has 0 saturated heterocycles. The summed E-state index contributed by atoms with van der Waals surface area (Å²) in [6, 6.07) is 3.12. The van der Waals surface area contributed by atoms with Crippen molar-refractivity contribution in [2.75, 3.05) is 0 Å². The van der Waals surface area contributed by atoms with E-state index in [9.17, 15) is 13.6 Å². The Morgan fingerprint density at radius 3 is 2.63 bits per heavy atom. The lowest BCUT2D eigenvalue weighted by Gasteiger charge is -2.39. The van der Waals surface area contributed by atoms with Crippen molar-refractivity contribution in [3.05, 3.63) is 35.4 Å². The fourth-order valence-electron chi connectivity index (χ4n) is 2.14. The fraction of sp³-hybridized carbons (Fsp3) is 0.385. The van der Waals surface area contributed by atoms with Gasteiger partial charge in [0.15, 0.2) is 0 Å². The number of nitrogens with two attached hydrogens (primary N) is 1. The van der Waals surface area contributed by atoms with Crippen LogP contribution in [0.3, 0.4) is 0 Å². The molecular weight excluding hydrogens is 270 g/mol. The Morgan fingerprint density at radius 1 is 1.42 bits per heavy atom. The smallest absolute Gasteiger partial charge is 0.233 e. The fourth-order valence-corrected chi connectivity index (χ4v) is 2.44. The third-order valence-corrected chi connectivity index (χ3v) is 3.95. The quantitative estimate of drug-likeness (QED) is 0.832. The molecule has 19 heavy (non-hydrogen) atoms. The number of hydrogen-bond acceptors (Lipinski definition) is 2. The van der Waals surface area contributed by atoms with Gasteiger partial charge >= 0.3 is 0 Å². The zero-order chi connectivity index (χ0) is 14.0. The molecule has 0 heterocycles. The Hall–Kier alpha value is -1.56. The van der Waals surface area contributed by atoms with Gasteiger partial charge in [-0.3, -0.25) is 4.79 Å². The van der Waals surface area contributed by atoms with E-state index in [4.69, 9.17) is 18.0 Å². The summed E-state index contributed by atoms with van der Waals surface area (Å²) < 4.78 is 26.4. The minimum atomic E-state index is -0.806. The van der Waals surface area contributed by atoms with Gasteiger partial charge < -0.3 is 11.1 Å². The van der Waals surface area contributed by atoms with Gasteiger partial charge in [0.05, 0.1) is 10.4 Å². The van der Waals surface area contributed by atoms with Crippen LogP contribution in [0.25, 0.3) is 0 Å². The SMILES string of the molecule is NC(=S)C1(C(=O)NCc2cc(F)ccc2F)CCC1. The Kier molecular flexibility index (Phi) is 3.80. The van der Waals surface area contributed by atoms with E-state index in [2.05, 4.69) is 5.32 Å². The number of nitrogens with one attached hydrogen (secondary N) is 1. The minimum absolute atomic E-state index is 0.0766. The number of benzene rings is 1.